The second-order valence-corrected chi connectivity index (χ2v) is 5.28. The van der Waals surface area contributed by atoms with Gasteiger partial charge in [-0.1, -0.05) is 34.6 Å². The zero-order chi connectivity index (χ0) is 11.2. The zero-order valence-electron chi connectivity index (χ0n) is 10.6. The van der Waals surface area contributed by atoms with Gasteiger partial charge in [-0.25, -0.2) is 0 Å². The Morgan fingerprint density at radius 3 is 2.14 bits per heavy atom. The molecule has 2 heteroatoms. The molecule has 0 rings (SSSR count). The lowest BCUT2D eigenvalue weighted by molar-refractivity contribution is 0.202. The minimum atomic E-state index is 0.433. The van der Waals surface area contributed by atoms with Crippen LogP contribution in [-0.2, 0) is 0 Å². The average Bonchev–Trinajstić information content (AvgIpc) is 2.10. The Morgan fingerprint density at radius 1 is 1.21 bits per heavy atom. The molecule has 0 aliphatic rings. The monoisotopic (exact) mass is 200 g/mol. The van der Waals surface area contributed by atoms with E-state index in [0.717, 1.165) is 25.6 Å². The number of likely N-dealkylation sites (N-methyl/N-ethyl adjacent to an activating group) is 1. The lowest BCUT2D eigenvalue weighted by Gasteiger charge is -2.29. The number of nitrogens with two attached hydrogens (primary N) is 1. The van der Waals surface area contributed by atoms with Gasteiger partial charge in [0.1, 0.15) is 0 Å². The van der Waals surface area contributed by atoms with E-state index < -0.39 is 0 Å². The third-order valence-electron chi connectivity index (χ3n) is 3.25. The molecule has 2 N–H and O–H groups in total. The van der Waals surface area contributed by atoms with Gasteiger partial charge in [-0.05, 0) is 30.8 Å². The molecule has 0 aliphatic heterocycles. The lowest BCUT2D eigenvalue weighted by atomic mass is 9.80. The van der Waals surface area contributed by atoms with Gasteiger partial charge in [0.2, 0.25) is 0 Å². The van der Waals surface area contributed by atoms with E-state index in [1.807, 2.05) is 0 Å². The van der Waals surface area contributed by atoms with Crippen LogP contribution in [0, 0.1) is 11.3 Å². The fourth-order valence-corrected chi connectivity index (χ4v) is 1.42. The van der Waals surface area contributed by atoms with E-state index in [2.05, 4.69) is 39.5 Å². The van der Waals surface area contributed by atoms with Crippen molar-refractivity contribution >= 4 is 0 Å². The van der Waals surface area contributed by atoms with Gasteiger partial charge >= 0.3 is 0 Å². The molecule has 0 radical (unpaired) electrons. The van der Waals surface area contributed by atoms with Gasteiger partial charge in [0.25, 0.3) is 0 Å². The van der Waals surface area contributed by atoms with Gasteiger partial charge in [-0.15, -0.1) is 0 Å². The minimum Gasteiger partial charge on any atom is -0.329 e. The maximum absolute atomic E-state index is 5.56. The first kappa shape index (κ1) is 13.9. The fourth-order valence-electron chi connectivity index (χ4n) is 1.42. The highest BCUT2D eigenvalue weighted by Crippen LogP contribution is 2.27. The van der Waals surface area contributed by atoms with Gasteiger partial charge in [-0.3, -0.25) is 0 Å². The molecule has 86 valence electrons. The van der Waals surface area contributed by atoms with Crippen LogP contribution >= 0.6 is 0 Å². The molecule has 0 saturated heterocycles. The molecule has 0 amide bonds. The SMILES string of the molecule is CCN(CCN)CCC(C)C(C)(C)C. The quantitative estimate of drug-likeness (QED) is 0.713. The average molecular weight is 200 g/mol. The van der Waals surface area contributed by atoms with E-state index in [9.17, 15) is 0 Å². The summed E-state index contributed by atoms with van der Waals surface area (Å²) in [7, 11) is 0. The largest absolute Gasteiger partial charge is 0.329 e. The summed E-state index contributed by atoms with van der Waals surface area (Å²) in [4.78, 5) is 2.43. The van der Waals surface area contributed by atoms with Crippen molar-refractivity contribution in [2.45, 2.75) is 41.0 Å². The second kappa shape index (κ2) is 6.41. The molecule has 1 atom stereocenters. The van der Waals surface area contributed by atoms with Gasteiger partial charge in [0.15, 0.2) is 0 Å². The van der Waals surface area contributed by atoms with Gasteiger partial charge in [0, 0.05) is 13.1 Å². The molecule has 0 fully saturated rings. The van der Waals surface area contributed by atoms with E-state index in [4.69, 9.17) is 5.73 Å². The summed E-state index contributed by atoms with van der Waals surface area (Å²) in [5.41, 5.74) is 5.99. The molecule has 0 saturated carbocycles. The van der Waals surface area contributed by atoms with Crippen LogP contribution in [0.1, 0.15) is 41.0 Å². The molecule has 2 nitrogen and oxygen atoms in total. The van der Waals surface area contributed by atoms with Crippen molar-refractivity contribution in [2.24, 2.45) is 17.1 Å². The van der Waals surface area contributed by atoms with Crippen molar-refractivity contribution < 1.29 is 0 Å². The first-order valence-corrected chi connectivity index (χ1v) is 5.84. The summed E-state index contributed by atoms with van der Waals surface area (Å²) in [5, 5.41) is 0. The molecule has 1 unspecified atom stereocenters. The van der Waals surface area contributed by atoms with Crippen molar-refractivity contribution in [1.29, 1.82) is 0 Å². The Kier molecular flexibility index (Phi) is 6.38. The second-order valence-electron chi connectivity index (χ2n) is 5.28. The van der Waals surface area contributed by atoms with E-state index in [1.165, 1.54) is 13.0 Å². The highest BCUT2D eigenvalue weighted by Gasteiger charge is 2.19. The van der Waals surface area contributed by atoms with Crippen molar-refractivity contribution in [3.8, 4) is 0 Å². The zero-order valence-corrected chi connectivity index (χ0v) is 10.6. The van der Waals surface area contributed by atoms with E-state index in [0.29, 0.717) is 5.41 Å². The molecular formula is C12H28N2. The van der Waals surface area contributed by atoms with Crippen molar-refractivity contribution in [3.63, 3.8) is 0 Å². The van der Waals surface area contributed by atoms with E-state index in [1.54, 1.807) is 0 Å². The first-order valence-electron chi connectivity index (χ1n) is 5.84. The Hall–Kier alpha value is -0.0800. The molecule has 0 spiro atoms. The third-order valence-corrected chi connectivity index (χ3v) is 3.25. The number of hydrogen-bond acceptors (Lipinski definition) is 2. The minimum absolute atomic E-state index is 0.433. The van der Waals surface area contributed by atoms with Gasteiger partial charge in [-0.2, -0.15) is 0 Å². The maximum Gasteiger partial charge on any atom is 0.0104 e. The first-order chi connectivity index (χ1) is 6.41. The van der Waals surface area contributed by atoms with E-state index >= 15 is 0 Å². The summed E-state index contributed by atoms with van der Waals surface area (Å²) in [5.74, 6) is 0.773. The van der Waals surface area contributed by atoms with Crippen LogP contribution in [-0.4, -0.2) is 31.1 Å². The highest BCUT2D eigenvalue weighted by atomic mass is 15.1. The topological polar surface area (TPSA) is 29.3 Å². The highest BCUT2D eigenvalue weighted by molar-refractivity contribution is 4.71. The summed E-state index contributed by atoms with van der Waals surface area (Å²) >= 11 is 0. The summed E-state index contributed by atoms with van der Waals surface area (Å²) < 4.78 is 0. The van der Waals surface area contributed by atoms with Gasteiger partial charge in [0.05, 0.1) is 0 Å². The van der Waals surface area contributed by atoms with Crippen LogP contribution in [0.25, 0.3) is 0 Å². The lowest BCUT2D eigenvalue weighted by Crippen LogP contribution is -2.32. The standard InChI is InChI=1S/C12H28N2/c1-6-14(10-8-13)9-7-11(2)12(3,4)5/h11H,6-10,13H2,1-5H3. The fraction of sp³-hybridized carbons (Fsp3) is 1.00. The molecule has 0 aromatic heterocycles. The Labute approximate surface area is 89.9 Å². The number of nitrogens with zero attached hydrogens (tertiary/aromatic N) is 1. The van der Waals surface area contributed by atoms with Crippen LogP contribution in [0.3, 0.4) is 0 Å². The Bertz CT molecular complexity index is 138. The molecule has 0 aromatic rings. The Balaban J connectivity index is 3.79. The van der Waals surface area contributed by atoms with Crippen LogP contribution < -0.4 is 5.73 Å². The predicted octanol–water partition coefficient (Wildman–Crippen LogP) is 2.34. The summed E-state index contributed by atoms with van der Waals surface area (Å²) in [6.45, 7) is 15.6. The van der Waals surface area contributed by atoms with E-state index in [-0.39, 0.29) is 0 Å². The molecule has 0 aromatic carbocycles. The number of rotatable bonds is 6. The number of hydrogen-bond donors (Lipinski definition) is 1. The molecule has 0 heterocycles. The molecule has 0 bridgehead atoms. The Morgan fingerprint density at radius 2 is 1.79 bits per heavy atom. The van der Waals surface area contributed by atoms with Crippen LogP contribution in [0.15, 0.2) is 0 Å². The van der Waals surface area contributed by atoms with Crippen LogP contribution in [0.5, 0.6) is 0 Å². The van der Waals surface area contributed by atoms with Crippen molar-refractivity contribution in [3.05, 3.63) is 0 Å². The van der Waals surface area contributed by atoms with Crippen LogP contribution in [0.4, 0.5) is 0 Å². The molecule has 14 heavy (non-hydrogen) atoms. The smallest absolute Gasteiger partial charge is 0.0104 e. The molecule has 0 aliphatic carbocycles. The summed E-state index contributed by atoms with van der Waals surface area (Å²) in [6, 6.07) is 0. The predicted molar refractivity (Wildman–Crippen MR) is 64.4 cm³/mol. The van der Waals surface area contributed by atoms with Crippen LogP contribution in [0.2, 0.25) is 0 Å². The maximum atomic E-state index is 5.56. The van der Waals surface area contributed by atoms with Crippen molar-refractivity contribution in [2.75, 3.05) is 26.2 Å². The summed E-state index contributed by atoms with van der Waals surface area (Å²) in [6.07, 6.45) is 1.28. The third kappa shape index (κ3) is 5.61. The molecular weight excluding hydrogens is 172 g/mol. The van der Waals surface area contributed by atoms with Gasteiger partial charge < -0.3 is 10.6 Å². The van der Waals surface area contributed by atoms with Crippen molar-refractivity contribution in [1.82, 2.24) is 4.90 Å². The normalized spacial score (nSPS) is 14.8.